The van der Waals surface area contributed by atoms with E-state index in [4.69, 9.17) is 4.74 Å². The zero-order valence-corrected chi connectivity index (χ0v) is 12.4. The summed E-state index contributed by atoms with van der Waals surface area (Å²) in [5.41, 5.74) is 1.34. The van der Waals surface area contributed by atoms with Crippen LogP contribution >= 0.6 is 0 Å². The maximum absolute atomic E-state index is 5.69. The average Bonchev–Trinajstić information content (AvgIpc) is 2.90. The summed E-state index contributed by atoms with van der Waals surface area (Å²) in [5, 5.41) is 3.43. The van der Waals surface area contributed by atoms with Gasteiger partial charge >= 0.3 is 0 Å². The first-order valence-corrected chi connectivity index (χ1v) is 7.30. The lowest BCUT2D eigenvalue weighted by Gasteiger charge is -2.07. The number of para-hydroxylation sites is 1. The minimum atomic E-state index is 0.526. The van der Waals surface area contributed by atoms with Crippen LogP contribution in [0.4, 0.5) is 0 Å². The molecule has 1 aromatic heterocycles. The van der Waals surface area contributed by atoms with Gasteiger partial charge in [-0.15, -0.1) is 0 Å². The van der Waals surface area contributed by atoms with Gasteiger partial charge in [0.25, 0.3) is 0 Å². The van der Waals surface area contributed by atoms with Crippen molar-refractivity contribution in [2.75, 3.05) is 6.61 Å². The summed E-state index contributed by atoms with van der Waals surface area (Å²) in [6, 6.07) is 12.7. The highest BCUT2D eigenvalue weighted by Gasteiger charge is 1.99. The van der Waals surface area contributed by atoms with Gasteiger partial charge in [-0.05, 0) is 30.2 Å². The summed E-state index contributed by atoms with van der Waals surface area (Å²) in [6.45, 7) is 7.01. The van der Waals surface area contributed by atoms with Crippen LogP contribution in [0.25, 0.3) is 0 Å². The maximum Gasteiger partial charge on any atom is 0.119 e. The molecule has 3 nitrogen and oxygen atoms in total. The predicted molar refractivity (Wildman–Crippen MR) is 83.0 cm³/mol. The Morgan fingerprint density at radius 3 is 2.70 bits per heavy atom. The van der Waals surface area contributed by atoms with E-state index >= 15 is 0 Å². The number of aromatic nitrogens is 1. The summed E-state index contributed by atoms with van der Waals surface area (Å²) >= 11 is 0. The van der Waals surface area contributed by atoms with E-state index < -0.39 is 0 Å². The largest absolute Gasteiger partial charge is 0.494 e. The molecular formula is C17H24N2O. The first kappa shape index (κ1) is 14.7. The molecule has 0 unspecified atom stereocenters. The van der Waals surface area contributed by atoms with Crippen molar-refractivity contribution < 1.29 is 4.74 Å². The van der Waals surface area contributed by atoms with E-state index in [0.29, 0.717) is 6.04 Å². The average molecular weight is 272 g/mol. The van der Waals surface area contributed by atoms with Crippen molar-refractivity contribution in [3.05, 3.63) is 54.4 Å². The van der Waals surface area contributed by atoms with E-state index in [1.54, 1.807) is 0 Å². The van der Waals surface area contributed by atoms with Crippen LogP contribution in [-0.2, 0) is 13.1 Å². The smallest absolute Gasteiger partial charge is 0.119 e. The van der Waals surface area contributed by atoms with Gasteiger partial charge in [0.1, 0.15) is 5.75 Å². The molecule has 3 heteroatoms. The summed E-state index contributed by atoms with van der Waals surface area (Å²) < 4.78 is 7.92. The van der Waals surface area contributed by atoms with Crippen molar-refractivity contribution in [1.82, 2.24) is 9.88 Å². The molecule has 0 fully saturated rings. The molecule has 1 N–H and O–H groups in total. The number of benzene rings is 1. The number of nitrogens with one attached hydrogen (secondary N) is 1. The molecule has 0 amide bonds. The lowest BCUT2D eigenvalue weighted by molar-refractivity contribution is 0.302. The highest BCUT2D eigenvalue weighted by molar-refractivity contribution is 5.20. The van der Waals surface area contributed by atoms with Crippen LogP contribution in [0.1, 0.15) is 25.8 Å². The number of hydrogen-bond donors (Lipinski definition) is 1. The van der Waals surface area contributed by atoms with Gasteiger partial charge in [0.15, 0.2) is 0 Å². The monoisotopic (exact) mass is 272 g/mol. The zero-order valence-electron chi connectivity index (χ0n) is 12.4. The molecule has 0 atom stereocenters. The summed E-state index contributed by atoms with van der Waals surface area (Å²) in [4.78, 5) is 0. The lowest BCUT2D eigenvalue weighted by Crippen LogP contribution is -2.21. The first-order chi connectivity index (χ1) is 9.74. The predicted octanol–water partition coefficient (Wildman–Crippen LogP) is 3.46. The third-order valence-corrected chi connectivity index (χ3v) is 3.10. The number of aryl methyl sites for hydroxylation is 1. The lowest BCUT2D eigenvalue weighted by atomic mass is 10.3. The van der Waals surface area contributed by atoms with Gasteiger partial charge < -0.3 is 14.6 Å². The molecule has 0 bridgehead atoms. The maximum atomic E-state index is 5.69. The van der Waals surface area contributed by atoms with Crippen molar-refractivity contribution in [2.45, 2.75) is 39.4 Å². The first-order valence-electron chi connectivity index (χ1n) is 7.30. The van der Waals surface area contributed by atoms with Crippen LogP contribution < -0.4 is 10.1 Å². The zero-order chi connectivity index (χ0) is 14.2. The van der Waals surface area contributed by atoms with Crippen molar-refractivity contribution in [2.24, 2.45) is 0 Å². The Balaban J connectivity index is 1.67. The fraction of sp³-hybridized carbons (Fsp3) is 0.412. The molecule has 1 aromatic carbocycles. The Labute approximate surface area is 121 Å². The quantitative estimate of drug-likeness (QED) is 0.745. The fourth-order valence-corrected chi connectivity index (χ4v) is 2.01. The second-order valence-corrected chi connectivity index (χ2v) is 5.31. The van der Waals surface area contributed by atoms with E-state index in [2.05, 4.69) is 42.2 Å². The normalized spacial score (nSPS) is 10.9. The number of ether oxygens (including phenoxy) is 1. The fourth-order valence-electron chi connectivity index (χ4n) is 2.01. The topological polar surface area (TPSA) is 26.2 Å². The molecule has 0 radical (unpaired) electrons. The minimum Gasteiger partial charge on any atom is -0.494 e. The van der Waals surface area contributed by atoms with Crippen molar-refractivity contribution in [1.29, 1.82) is 0 Å². The standard InChI is InChI=1S/C17H24N2O/c1-15(2)18-13-16-9-11-19(14-16)10-6-12-20-17-7-4-3-5-8-17/h3-5,7-9,11,14-15,18H,6,10,12-13H2,1-2H3. The van der Waals surface area contributed by atoms with Gasteiger partial charge in [-0.2, -0.15) is 0 Å². The van der Waals surface area contributed by atoms with Crippen LogP contribution in [-0.4, -0.2) is 17.2 Å². The van der Waals surface area contributed by atoms with Crippen molar-refractivity contribution in [3.8, 4) is 5.75 Å². The third-order valence-electron chi connectivity index (χ3n) is 3.10. The number of hydrogen-bond acceptors (Lipinski definition) is 2. The van der Waals surface area contributed by atoms with Gasteiger partial charge in [-0.25, -0.2) is 0 Å². The number of rotatable bonds is 8. The molecule has 0 saturated carbocycles. The van der Waals surface area contributed by atoms with E-state index in [0.717, 1.165) is 31.9 Å². The summed E-state index contributed by atoms with van der Waals surface area (Å²) in [6.07, 6.45) is 5.36. The van der Waals surface area contributed by atoms with Crippen molar-refractivity contribution in [3.63, 3.8) is 0 Å². The molecular weight excluding hydrogens is 248 g/mol. The Morgan fingerprint density at radius 1 is 1.15 bits per heavy atom. The molecule has 2 aromatic rings. The van der Waals surface area contributed by atoms with E-state index in [-0.39, 0.29) is 0 Å². The Hall–Kier alpha value is -1.74. The Bertz CT molecular complexity index is 491. The van der Waals surface area contributed by atoms with Gasteiger partial charge in [0.2, 0.25) is 0 Å². The molecule has 20 heavy (non-hydrogen) atoms. The van der Waals surface area contributed by atoms with E-state index in [1.165, 1.54) is 5.56 Å². The van der Waals surface area contributed by atoms with Crippen molar-refractivity contribution >= 4 is 0 Å². The van der Waals surface area contributed by atoms with Crippen LogP contribution in [0.5, 0.6) is 5.75 Å². The van der Waals surface area contributed by atoms with Gasteiger partial charge in [-0.1, -0.05) is 32.0 Å². The van der Waals surface area contributed by atoms with Gasteiger partial charge in [-0.3, -0.25) is 0 Å². The van der Waals surface area contributed by atoms with Gasteiger partial charge in [0.05, 0.1) is 6.61 Å². The molecule has 108 valence electrons. The highest BCUT2D eigenvalue weighted by Crippen LogP contribution is 2.09. The number of nitrogens with zero attached hydrogens (tertiary/aromatic N) is 1. The molecule has 0 aliphatic rings. The molecule has 2 rings (SSSR count). The van der Waals surface area contributed by atoms with Crippen LogP contribution in [0, 0.1) is 0 Å². The SMILES string of the molecule is CC(C)NCc1ccn(CCCOc2ccccc2)c1. The minimum absolute atomic E-state index is 0.526. The van der Waals surface area contributed by atoms with Crippen LogP contribution in [0.2, 0.25) is 0 Å². The summed E-state index contributed by atoms with van der Waals surface area (Å²) in [5.74, 6) is 0.946. The third kappa shape index (κ3) is 5.10. The van der Waals surface area contributed by atoms with E-state index in [9.17, 15) is 0 Å². The Kier molecular flexibility index (Phi) is 5.69. The van der Waals surface area contributed by atoms with Crippen LogP contribution in [0.15, 0.2) is 48.8 Å². The molecule has 0 spiro atoms. The van der Waals surface area contributed by atoms with Gasteiger partial charge in [0, 0.05) is 31.5 Å². The molecule has 1 heterocycles. The molecule has 0 saturated heterocycles. The Morgan fingerprint density at radius 2 is 1.95 bits per heavy atom. The van der Waals surface area contributed by atoms with Crippen LogP contribution in [0.3, 0.4) is 0 Å². The second-order valence-electron chi connectivity index (χ2n) is 5.31. The van der Waals surface area contributed by atoms with E-state index in [1.807, 2.05) is 30.3 Å². The second kappa shape index (κ2) is 7.75. The summed E-state index contributed by atoms with van der Waals surface area (Å²) in [7, 11) is 0. The highest BCUT2D eigenvalue weighted by atomic mass is 16.5. The molecule has 0 aliphatic carbocycles. The molecule has 0 aliphatic heterocycles.